The Bertz CT molecular complexity index is 1140. The number of nitrogens with zero attached hydrogens (tertiary/aromatic N) is 1. The summed E-state index contributed by atoms with van der Waals surface area (Å²) in [5, 5.41) is 10.4. The van der Waals surface area contributed by atoms with E-state index in [0.717, 1.165) is 10.9 Å². The maximum Gasteiger partial charge on any atom is 0.256 e. The average Bonchev–Trinajstić information content (AvgIpc) is 2.67. The van der Waals surface area contributed by atoms with E-state index >= 15 is 0 Å². The van der Waals surface area contributed by atoms with Gasteiger partial charge in [0.05, 0.1) is 24.1 Å². The van der Waals surface area contributed by atoms with Crippen molar-refractivity contribution in [2.75, 3.05) is 7.11 Å². The predicted molar refractivity (Wildman–Crippen MR) is 96.9 cm³/mol. The van der Waals surface area contributed by atoms with Crippen LogP contribution in [0.3, 0.4) is 0 Å². The summed E-state index contributed by atoms with van der Waals surface area (Å²) in [4.78, 5) is 15.7. The topological polar surface area (TPSA) is 101 Å². The van der Waals surface area contributed by atoms with Crippen LogP contribution in [0.1, 0.15) is 17.0 Å². The molecule has 1 aliphatic rings. The van der Waals surface area contributed by atoms with Gasteiger partial charge >= 0.3 is 0 Å². The molecule has 6 nitrogen and oxygen atoms in total. The van der Waals surface area contributed by atoms with Gasteiger partial charge in [0.15, 0.2) is 0 Å². The third kappa shape index (κ3) is 2.30. The van der Waals surface area contributed by atoms with Crippen molar-refractivity contribution in [1.82, 2.24) is 4.98 Å². The zero-order chi connectivity index (χ0) is 18.3. The number of nitrogens with two attached hydrogens (primary N) is 1. The molecular weight excluding hydrogens is 330 g/mol. The first kappa shape index (κ1) is 15.8. The van der Waals surface area contributed by atoms with E-state index < -0.39 is 5.92 Å². The number of fused-ring (bicyclic) bond motifs is 3. The molecule has 2 aromatic carbocycles. The van der Waals surface area contributed by atoms with Crippen LogP contribution in [-0.4, -0.2) is 12.1 Å². The fraction of sp³-hybridized carbons (Fsp3) is 0.100. The Morgan fingerprint density at radius 3 is 2.62 bits per heavy atom. The van der Waals surface area contributed by atoms with Gasteiger partial charge in [0.25, 0.3) is 5.56 Å². The average molecular weight is 345 g/mol. The first-order valence-electron chi connectivity index (χ1n) is 8.00. The molecule has 1 aromatic heterocycles. The van der Waals surface area contributed by atoms with Crippen LogP contribution in [0.2, 0.25) is 0 Å². The largest absolute Gasteiger partial charge is 0.497 e. The highest BCUT2D eigenvalue weighted by Gasteiger charge is 2.34. The van der Waals surface area contributed by atoms with E-state index in [1.54, 1.807) is 25.3 Å². The minimum Gasteiger partial charge on any atom is -0.497 e. The number of ether oxygens (including phenoxy) is 2. The van der Waals surface area contributed by atoms with Gasteiger partial charge in [0, 0.05) is 5.39 Å². The third-order valence-electron chi connectivity index (χ3n) is 4.53. The van der Waals surface area contributed by atoms with E-state index in [1.165, 1.54) is 0 Å². The third-order valence-corrected chi connectivity index (χ3v) is 4.53. The lowest BCUT2D eigenvalue weighted by molar-refractivity contribution is 0.396. The highest BCUT2D eigenvalue weighted by molar-refractivity contribution is 5.87. The summed E-state index contributed by atoms with van der Waals surface area (Å²) < 4.78 is 10.9. The van der Waals surface area contributed by atoms with E-state index in [4.69, 9.17) is 15.2 Å². The first-order valence-corrected chi connectivity index (χ1v) is 8.00. The number of aromatic nitrogens is 1. The van der Waals surface area contributed by atoms with Gasteiger partial charge in [-0.15, -0.1) is 0 Å². The number of benzene rings is 2. The SMILES string of the molecule is COc1ccc([C@@H]2C(C#N)=C(N)Oc3c2c(=O)[nH]c2ccccc32)cc1. The lowest BCUT2D eigenvalue weighted by Gasteiger charge is -2.26. The molecule has 26 heavy (non-hydrogen) atoms. The maximum atomic E-state index is 12.8. The molecule has 0 unspecified atom stereocenters. The van der Waals surface area contributed by atoms with Crippen molar-refractivity contribution < 1.29 is 9.47 Å². The number of H-pyrrole nitrogens is 1. The number of nitriles is 1. The van der Waals surface area contributed by atoms with Crippen LogP contribution in [0.4, 0.5) is 0 Å². The molecule has 0 bridgehead atoms. The Balaban J connectivity index is 2.03. The normalized spacial score (nSPS) is 15.9. The summed E-state index contributed by atoms with van der Waals surface area (Å²) in [6, 6.07) is 16.6. The molecule has 6 heteroatoms. The number of methoxy groups -OCH3 is 1. The summed E-state index contributed by atoms with van der Waals surface area (Å²) in [6.07, 6.45) is 0. The van der Waals surface area contributed by atoms with E-state index in [2.05, 4.69) is 11.1 Å². The molecule has 0 saturated heterocycles. The summed E-state index contributed by atoms with van der Waals surface area (Å²) >= 11 is 0. The Hall–Kier alpha value is -3.72. The zero-order valence-corrected chi connectivity index (χ0v) is 13.9. The maximum absolute atomic E-state index is 12.8. The summed E-state index contributed by atoms with van der Waals surface area (Å²) in [7, 11) is 1.58. The van der Waals surface area contributed by atoms with Crippen molar-refractivity contribution in [2.45, 2.75) is 5.92 Å². The van der Waals surface area contributed by atoms with Crippen LogP contribution in [0.5, 0.6) is 11.5 Å². The van der Waals surface area contributed by atoms with Gasteiger partial charge in [0.2, 0.25) is 5.88 Å². The van der Waals surface area contributed by atoms with Crippen LogP contribution in [-0.2, 0) is 0 Å². The van der Waals surface area contributed by atoms with Crippen molar-refractivity contribution in [2.24, 2.45) is 5.73 Å². The number of allylic oxidation sites excluding steroid dienone is 1. The lowest BCUT2D eigenvalue weighted by atomic mass is 9.83. The minimum absolute atomic E-state index is 0.0107. The number of nitrogens with one attached hydrogen (secondary N) is 1. The monoisotopic (exact) mass is 345 g/mol. The van der Waals surface area contributed by atoms with Gasteiger partial charge in [-0.25, -0.2) is 0 Å². The van der Waals surface area contributed by atoms with E-state index in [1.807, 2.05) is 30.3 Å². The number of para-hydroxylation sites is 1. The fourth-order valence-electron chi connectivity index (χ4n) is 3.30. The molecule has 0 amide bonds. The summed E-state index contributed by atoms with van der Waals surface area (Å²) in [6.45, 7) is 0. The number of hydrogen-bond acceptors (Lipinski definition) is 5. The molecule has 4 rings (SSSR count). The molecule has 0 radical (unpaired) electrons. The molecule has 1 aliphatic heterocycles. The Kier molecular flexibility index (Phi) is 3.63. The van der Waals surface area contributed by atoms with Crippen molar-refractivity contribution in [3.63, 3.8) is 0 Å². The van der Waals surface area contributed by atoms with Gasteiger partial charge in [-0.2, -0.15) is 5.26 Å². The van der Waals surface area contributed by atoms with Gasteiger partial charge in [-0.05, 0) is 29.8 Å². The van der Waals surface area contributed by atoms with Gasteiger partial charge < -0.3 is 20.2 Å². The predicted octanol–water partition coefficient (Wildman–Crippen LogP) is 2.75. The molecule has 2 heterocycles. The van der Waals surface area contributed by atoms with Crippen LogP contribution in [0.25, 0.3) is 10.9 Å². The van der Waals surface area contributed by atoms with E-state index in [-0.39, 0.29) is 17.0 Å². The minimum atomic E-state index is -0.608. The first-order chi connectivity index (χ1) is 12.6. The van der Waals surface area contributed by atoms with E-state index in [0.29, 0.717) is 22.6 Å². The molecule has 128 valence electrons. The highest BCUT2D eigenvalue weighted by atomic mass is 16.5. The summed E-state index contributed by atoms with van der Waals surface area (Å²) in [5.41, 5.74) is 7.72. The number of pyridine rings is 1. The van der Waals surface area contributed by atoms with Crippen molar-refractivity contribution >= 4 is 10.9 Å². The van der Waals surface area contributed by atoms with Crippen LogP contribution in [0, 0.1) is 11.3 Å². The lowest BCUT2D eigenvalue weighted by Crippen LogP contribution is -2.27. The number of hydrogen-bond donors (Lipinski definition) is 2. The highest BCUT2D eigenvalue weighted by Crippen LogP contribution is 2.43. The second-order valence-corrected chi connectivity index (χ2v) is 5.94. The molecule has 1 atom stereocenters. The summed E-state index contributed by atoms with van der Waals surface area (Å²) in [5.74, 6) is 0.477. The van der Waals surface area contributed by atoms with Gasteiger partial charge in [0.1, 0.15) is 23.1 Å². The van der Waals surface area contributed by atoms with Gasteiger partial charge in [-0.1, -0.05) is 24.3 Å². The van der Waals surface area contributed by atoms with Gasteiger partial charge in [-0.3, -0.25) is 4.79 Å². The van der Waals surface area contributed by atoms with E-state index in [9.17, 15) is 10.1 Å². The smallest absolute Gasteiger partial charge is 0.256 e. The van der Waals surface area contributed by atoms with Crippen LogP contribution >= 0.6 is 0 Å². The van der Waals surface area contributed by atoms with Crippen molar-refractivity contribution in [3.8, 4) is 17.6 Å². The quantitative estimate of drug-likeness (QED) is 0.744. The molecule has 0 fully saturated rings. The number of aromatic amines is 1. The molecule has 0 saturated carbocycles. The molecule has 0 aliphatic carbocycles. The fourth-order valence-corrected chi connectivity index (χ4v) is 3.30. The zero-order valence-electron chi connectivity index (χ0n) is 13.9. The second kappa shape index (κ2) is 5.97. The standard InChI is InChI=1S/C20H15N3O3/c1-25-12-8-6-11(7-9-12)16-14(10-21)19(22)26-18-13-4-2-3-5-15(13)23-20(24)17(16)18/h2-9,16H,22H2,1H3,(H,23,24)/t16-/m1/s1. The molecule has 3 N–H and O–H groups in total. The molecular formula is C20H15N3O3. The molecule has 3 aromatic rings. The Labute approximate surface area is 149 Å². The molecule has 0 spiro atoms. The second-order valence-electron chi connectivity index (χ2n) is 5.94. The van der Waals surface area contributed by atoms with Crippen molar-refractivity contribution in [1.29, 1.82) is 5.26 Å². The van der Waals surface area contributed by atoms with Crippen LogP contribution in [0.15, 0.2) is 64.8 Å². The van der Waals surface area contributed by atoms with Crippen LogP contribution < -0.4 is 20.8 Å². The number of rotatable bonds is 2. The Morgan fingerprint density at radius 1 is 1.19 bits per heavy atom. The Morgan fingerprint density at radius 2 is 1.92 bits per heavy atom. The van der Waals surface area contributed by atoms with Crippen molar-refractivity contribution in [3.05, 3.63) is 81.5 Å².